The van der Waals surface area contributed by atoms with E-state index in [0.717, 1.165) is 37.2 Å². The Morgan fingerprint density at radius 3 is 2.24 bits per heavy atom. The molecule has 2 aliphatic rings. The maximum atomic E-state index is 13.7. The quantitative estimate of drug-likeness (QED) is 0.396. The lowest BCUT2D eigenvalue weighted by Gasteiger charge is -2.45. The second-order valence-corrected chi connectivity index (χ2v) is 12.7. The van der Waals surface area contributed by atoms with Crippen LogP contribution in [0.1, 0.15) is 55.6 Å². The van der Waals surface area contributed by atoms with Gasteiger partial charge in [0.25, 0.3) is 10.0 Å². The van der Waals surface area contributed by atoms with Gasteiger partial charge in [0.1, 0.15) is 4.21 Å². The molecule has 0 spiro atoms. The van der Waals surface area contributed by atoms with Gasteiger partial charge in [-0.05, 0) is 67.7 Å². The van der Waals surface area contributed by atoms with Gasteiger partial charge in [-0.15, -0.1) is 11.3 Å². The standard InChI is InChI=1S/C28H34N2O2S2/c1-22-13-15-24(16-14-22)30(34(31,32)28-12-7-21-33-28)25-17-19-29(20-18-25)27-11-6-5-10-26(27)23-8-3-2-4-9-23/h2-4,7-9,12-16,21,25-27H,5-6,10-11,17-20H2,1H3/t26-,27-/m1/s1. The van der Waals surface area contributed by atoms with Crippen LogP contribution < -0.4 is 4.31 Å². The van der Waals surface area contributed by atoms with E-state index in [2.05, 4.69) is 35.2 Å². The number of hydrogen-bond acceptors (Lipinski definition) is 4. The topological polar surface area (TPSA) is 40.6 Å². The van der Waals surface area contributed by atoms with Gasteiger partial charge < -0.3 is 0 Å². The van der Waals surface area contributed by atoms with E-state index in [0.29, 0.717) is 16.2 Å². The first-order chi connectivity index (χ1) is 16.5. The zero-order valence-electron chi connectivity index (χ0n) is 19.8. The molecule has 0 bridgehead atoms. The van der Waals surface area contributed by atoms with Crippen LogP contribution in [0.15, 0.2) is 76.3 Å². The molecule has 2 fully saturated rings. The SMILES string of the molecule is Cc1ccc(N(C2CCN([C@@H]3CCCC[C@@H]3c3ccccc3)CC2)S(=O)(=O)c2cccs2)cc1. The van der Waals surface area contributed by atoms with Gasteiger partial charge in [0, 0.05) is 25.2 Å². The number of sulfonamides is 1. The van der Waals surface area contributed by atoms with Crippen LogP contribution in [0.2, 0.25) is 0 Å². The molecule has 1 saturated heterocycles. The van der Waals surface area contributed by atoms with Crippen LogP contribution in [0.4, 0.5) is 5.69 Å². The maximum absolute atomic E-state index is 13.7. The highest BCUT2D eigenvalue weighted by atomic mass is 32.2. The van der Waals surface area contributed by atoms with Crippen LogP contribution in [-0.4, -0.2) is 38.5 Å². The summed E-state index contributed by atoms with van der Waals surface area (Å²) in [5.41, 5.74) is 3.37. The normalized spacial score (nSPS) is 22.5. The number of nitrogens with zero attached hydrogens (tertiary/aromatic N) is 2. The molecule has 3 aromatic rings. The molecule has 6 heteroatoms. The molecule has 1 aliphatic heterocycles. The monoisotopic (exact) mass is 494 g/mol. The van der Waals surface area contributed by atoms with Gasteiger partial charge >= 0.3 is 0 Å². The number of rotatable bonds is 6. The molecule has 2 heterocycles. The number of aryl methyl sites for hydroxylation is 1. The Bertz CT molecular complexity index is 1150. The summed E-state index contributed by atoms with van der Waals surface area (Å²) >= 11 is 1.30. The van der Waals surface area contributed by atoms with Crippen molar-refractivity contribution in [2.45, 2.75) is 67.7 Å². The summed E-state index contributed by atoms with van der Waals surface area (Å²) in [5, 5.41) is 1.84. The summed E-state index contributed by atoms with van der Waals surface area (Å²) in [6.07, 6.45) is 6.78. The van der Waals surface area contributed by atoms with Gasteiger partial charge in [0.2, 0.25) is 0 Å². The molecular formula is C28H34N2O2S2. The molecule has 34 heavy (non-hydrogen) atoms. The lowest BCUT2D eigenvalue weighted by molar-refractivity contribution is 0.107. The summed E-state index contributed by atoms with van der Waals surface area (Å²) in [6.45, 7) is 3.93. The van der Waals surface area contributed by atoms with Crippen molar-refractivity contribution in [2.24, 2.45) is 0 Å². The molecule has 2 atom stereocenters. The van der Waals surface area contributed by atoms with E-state index in [1.807, 2.05) is 42.6 Å². The minimum Gasteiger partial charge on any atom is -0.300 e. The van der Waals surface area contributed by atoms with Crippen molar-refractivity contribution in [3.8, 4) is 0 Å². The predicted octanol–water partition coefficient (Wildman–Crippen LogP) is 6.44. The smallest absolute Gasteiger partial charge is 0.274 e. The summed E-state index contributed by atoms with van der Waals surface area (Å²) in [4.78, 5) is 2.65. The summed E-state index contributed by atoms with van der Waals surface area (Å²) in [5.74, 6) is 0.578. The van der Waals surface area contributed by atoms with Gasteiger partial charge in [-0.3, -0.25) is 9.21 Å². The van der Waals surface area contributed by atoms with Crippen molar-refractivity contribution < 1.29 is 8.42 Å². The molecule has 2 aromatic carbocycles. The minimum atomic E-state index is -3.59. The fourth-order valence-electron chi connectivity index (χ4n) is 5.83. The summed E-state index contributed by atoms with van der Waals surface area (Å²) in [6, 6.07) is 23.0. The van der Waals surface area contributed by atoms with Crippen molar-refractivity contribution in [3.05, 3.63) is 83.2 Å². The molecule has 0 amide bonds. The molecule has 0 unspecified atom stereocenters. The Labute approximate surface area is 208 Å². The average Bonchev–Trinajstić information content (AvgIpc) is 3.43. The van der Waals surface area contributed by atoms with E-state index in [1.165, 1.54) is 42.6 Å². The van der Waals surface area contributed by atoms with Gasteiger partial charge in [-0.25, -0.2) is 8.42 Å². The second-order valence-electron chi connectivity index (χ2n) is 9.70. The fourth-order valence-corrected chi connectivity index (χ4v) is 8.62. The molecule has 180 valence electrons. The molecule has 1 aromatic heterocycles. The Kier molecular flexibility index (Phi) is 7.09. The number of anilines is 1. The van der Waals surface area contributed by atoms with E-state index >= 15 is 0 Å². The Morgan fingerprint density at radius 2 is 1.56 bits per heavy atom. The molecule has 0 N–H and O–H groups in total. The second kappa shape index (κ2) is 10.2. The molecule has 4 nitrogen and oxygen atoms in total. The molecule has 0 radical (unpaired) electrons. The number of hydrogen-bond donors (Lipinski definition) is 0. The lowest BCUT2D eigenvalue weighted by atomic mass is 9.78. The third kappa shape index (κ3) is 4.81. The van der Waals surface area contributed by atoms with E-state index < -0.39 is 10.0 Å². The average molecular weight is 495 g/mol. The Balaban J connectivity index is 1.37. The third-order valence-electron chi connectivity index (χ3n) is 7.55. The fraction of sp³-hybridized carbons (Fsp3) is 0.429. The first-order valence-corrected chi connectivity index (χ1v) is 14.8. The van der Waals surface area contributed by atoms with Crippen molar-refractivity contribution in [1.29, 1.82) is 0 Å². The highest BCUT2D eigenvalue weighted by molar-refractivity contribution is 7.94. The predicted molar refractivity (Wildman–Crippen MR) is 141 cm³/mol. The highest BCUT2D eigenvalue weighted by Gasteiger charge is 2.38. The number of benzene rings is 2. The number of likely N-dealkylation sites (tertiary alicyclic amines) is 1. The largest absolute Gasteiger partial charge is 0.300 e. The molecule has 5 rings (SSSR count). The van der Waals surface area contributed by atoms with Crippen molar-refractivity contribution >= 4 is 27.0 Å². The minimum absolute atomic E-state index is 0.0233. The van der Waals surface area contributed by atoms with Gasteiger partial charge in [0.15, 0.2) is 0 Å². The Morgan fingerprint density at radius 1 is 0.853 bits per heavy atom. The van der Waals surface area contributed by atoms with Crippen LogP contribution in [0.5, 0.6) is 0 Å². The Hall–Kier alpha value is -2.15. The van der Waals surface area contributed by atoms with Gasteiger partial charge in [-0.2, -0.15) is 0 Å². The van der Waals surface area contributed by atoms with Crippen LogP contribution in [0, 0.1) is 6.92 Å². The van der Waals surface area contributed by atoms with Crippen molar-refractivity contribution in [1.82, 2.24) is 4.90 Å². The molecule has 1 saturated carbocycles. The van der Waals surface area contributed by atoms with Crippen LogP contribution in [0.25, 0.3) is 0 Å². The zero-order valence-corrected chi connectivity index (χ0v) is 21.5. The molecular weight excluding hydrogens is 460 g/mol. The van der Waals surface area contributed by atoms with E-state index in [9.17, 15) is 8.42 Å². The van der Waals surface area contributed by atoms with Crippen molar-refractivity contribution in [2.75, 3.05) is 17.4 Å². The number of thiophene rings is 1. The highest BCUT2D eigenvalue weighted by Crippen LogP contribution is 2.39. The molecule has 1 aliphatic carbocycles. The van der Waals surface area contributed by atoms with E-state index in [1.54, 1.807) is 10.4 Å². The zero-order chi connectivity index (χ0) is 23.5. The number of piperidine rings is 1. The van der Waals surface area contributed by atoms with Gasteiger partial charge in [0.05, 0.1) is 5.69 Å². The van der Waals surface area contributed by atoms with Crippen molar-refractivity contribution in [3.63, 3.8) is 0 Å². The van der Waals surface area contributed by atoms with E-state index in [4.69, 9.17) is 0 Å². The first kappa shape index (κ1) is 23.6. The maximum Gasteiger partial charge on any atom is 0.274 e. The van der Waals surface area contributed by atoms with Gasteiger partial charge in [-0.1, -0.05) is 66.9 Å². The van der Waals surface area contributed by atoms with Crippen LogP contribution >= 0.6 is 11.3 Å². The van der Waals surface area contributed by atoms with Crippen LogP contribution in [0.3, 0.4) is 0 Å². The first-order valence-electron chi connectivity index (χ1n) is 12.5. The van der Waals surface area contributed by atoms with E-state index in [-0.39, 0.29) is 6.04 Å². The van der Waals surface area contributed by atoms with Crippen LogP contribution in [-0.2, 0) is 10.0 Å². The third-order valence-corrected chi connectivity index (χ3v) is 10.8. The summed E-state index contributed by atoms with van der Waals surface area (Å²) in [7, 11) is -3.59. The lowest BCUT2D eigenvalue weighted by Crippen LogP contribution is -2.51. The summed E-state index contributed by atoms with van der Waals surface area (Å²) < 4.78 is 29.6.